The van der Waals surface area contributed by atoms with Gasteiger partial charge in [-0.3, -0.25) is 4.79 Å². The summed E-state index contributed by atoms with van der Waals surface area (Å²) in [6, 6.07) is 10.2. The van der Waals surface area contributed by atoms with Crippen LogP contribution in [-0.4, -0.2) is 61.9 Å². The zero-order valence-electron chi connectivity index (χ0n) is 18.1. The standard InChI is InChI=1S/C23H23FN2O6S/c1-14-21(17-5-3-4-6-20(17)25-14)22(27)15(2)32-23(28)18-13-16(7-8-19(18)24)33(29,30)26-9-11-31-12-10-26/h3-8,13,15,25H,9-12H2,1-2H3. The van der Waals surface area contributed by atoms with Crippen molar-refractivity contribution >= 4 is 32.7 Å². The minimum absolute atomic E-state index is 0.162. The number of hydrogen-bond acceptors (Lipinski definition) is 6. The third-order valence-corrected chi connectivity index (χ3v) is 7.45. The van der Waals surface area contributed by atoms with E-state index >= 15 is 0 Å². The van der Waals surface area contributed by atoms with Crippen molar-refractivity contribution in [3.63, 3.8) is 0 Å². The normalized spacial score (nSPS) is 16.0. The van der Waals surface area contributed by atoms with Crippen molar-refractivity contribution < 1.29 is 31.9 Å². The number of para-hydroxylation sites is 1. The Bertz CT molecular complexity index is 1330. The highest BCUT2D eigenvalue weighted by molar-refractivity contribution is 7.89. The van der Waals surface area contributed by atoms with Gasteiger partial charge >= 0.3 is 5.97 Å². The minimum Gasteiger partial charge on any atom is -0.451 e. The van der Waals surface area contributed by atoms with Crippen LogP contribution >= 0.6 is 0 Å². The number of aromatic amines is 1. The molecule has 3 aromatic rings. The lowest BCUT2D eigenvalue weighted by Gasteiger charge is -2.26. The molecule has 10 heteroatoms. The lowest BCUT2D eigenvalue weighted by Crippen LogP contribution is -2.40. The van der Waals surface area contributed by atoms with Crippen molar-refractivity contribution in [2.75, 3.05) is 26.3 Å². The van der Waals surface area contributed by atoms with E-state index in [4.69, 9.17) is 9.47 Å². The van der Waals surface area contributed by atoms with Crippen LogP contribution in [0.1, 0.15) is 33.3 Å². The lowest BCUT2D eigenvalue weighted by molar-refractivity contribution is 0.0314. The quantitative estimate of drug-likeness (QED) is 0.435. The molecule has 2 heterocycles. The number of hydrogen-bond donors (Lipinski definition) is 1. The summed E-state index contributed by atoms with van der Waals surface area (Å²) in [5, 5.41) is 0.688. The van der Waals surface area contributed by atoms with Crippen LogP contribution in [0.15, 0.2) is 47.4 Å². The number of aryl methyl sites for hydroxylation is 1. The minimum atomic E-state index is -3.94. The van der Waals surface area contributed by atoms with Crippen LogP contribution in [0.2, 0.25) is 0 Å². The van der Waals surface area contributed by atoms with E-state index in [-0.39, 0.29) is 31.2 Å². The van der Waals surface area contributed by atoms with Crippen LogP contribution in [-0.2, 0) is 19.5 Å². The van der Waals surface area contributed by atoms with E-state index in [1.165, 1.54) is 11.2 Å². The van der Waals surface area contributed by atoms with Gasteiger partial charge in [0, 0.05) is 35.2 Å². The molecule has 1 fully saturated rings. The van der Waals surface area contributed by atoms with Gasteiger partial charge in [0.1, 0.15) is 5.82 Å². The number of aromatic nitrogens is 1. The molecular weight excluding hydrogens is 451 g/mol. The van der Waals surface area contributed by atoms with Crippen molar-refractivity contribution in [1.82, 2.24) is 9.29 Å². The summed E-state index contributed by atoms with van der Waals surface area (Å²) >= 11 is 0. The van der Waals surface area contributed by atoms with Gasteiger partial charge < -0.3 is 14.5 Å². The molecule has 1 saturated heterocycles. The molecule has 8 nitrogen and oxygen atoms in total. The summed E-state index contributed by atoms with van der Waals surface area (Å²) in [4.78, 5) is 28.6. The molecule has 0 bridgehead atoms. The monoisotopic (exact) mass is 474 g/mol. The molecule has 174 valence electrons. The summed E-state index contributed by atoms with van der Waals surface area (Å²) in [6.07, 6.45) is -1.21. The number of benzene rings is 2. The molecule has 0 aliphatic carbocycles. The van der Waals surface area contributed by atoms with Gasteiger partial charge in [0.25, 0.3) is 0 Å². The van der Waals surface area contributed by atoms with E-state index < -0.39 is 39.3 Å². The van der Waals surface area contributed by atoms with Gasteiger partial charge in [0.2, 0.25) is 15.8 Å². The van der Waals surface area contributed by atoms with Gasteiger partial charge in [-0.15, -0.1) is 0 Å². The van der Waals surface area contributed by atoms with Crippen LogP contribution in [0.4, 0.5) is 4.39 Å². The number of ketones is 1. The maximum atomic E-state index is 14.4. The average molecular weight is 475 g/mol. The lowest BCUT2D eigenvalue weighted by atomic mass is 10.0. The number of esters is 1. The fourth-order valence-electron chi connectivity index (χ4n) is 3.83. The van der Waals surface area contributed by atoms with Gasteiger partial charge in [-0.05, 0) is 38.1 Å². The molecule has 0 saturated carbocycles. The van der Waals surface area contributed by atoms with Gasteiger partial charge in [0.15, 0.2) is 6.10 Å². The molecule has 2 aromatic carbocycles. The number of halogens is 1. The summed E-state index contributed by atoms with van der Waals surface area (Å²) in [6.45, 7) is 3.96. The highest BCUT2D eigenvalue weighted by Crippen LogP contribution is 2.25. The van der Waals surface area contributed by atoms with Crippen molar-refractivity contribution in [2.45, 2.75) is 24.8 Å². The fraction of sp³-hybridized carbons (Fsp3) is 0.304. The number of morpholine rings is 1. The SMILES string of the molecule is Cc1[nH]c2ccccc2c1C(=O)C(C)OC(=O)c1cc(S(=O)(=O)N2CCOCC2)ccc1F. The summed E-state index contributed by atoms with van der Waals surface area (Å²) in [7, 11) is -3.94. The molecule has 1 unspecified atom stereocenters. The average Bonchev–Trinajstić information content (AvgIpc) is 3.14. The van der Waals surface area contributed by atoms with Crippen LogP contribution < -0.4 is 0 Å². The Morgan fingerprint density at radius 2 is 1.85 bits per heavy atom. The van der Waals surface area contributed by atoms with E-state index in [9.17, 15) is 22.4 Å². The van der Waals surface area contributed by atoms with Gasteiger partial charge in [-0.25, -0.2) is 17.6 Å². The molecular formula is C23H23FN2O6S. The second-order valence-electron chi connectivity index (χ2n) is 7.74. The number of carbonyl (C=O) groups is 2. The maximum Gasteiger partial charge on any atom is 0.341 e. The molecule has 1 aliphatic heterocycles. The molecule has 0 radical (unpaired) electrons. The topological polar surface area (TPSA) is 106 Å². The van der Waals surface area contributed by atoms with Crippen LogP contribution in [0, 0.1) is 12.7 Å². The Morgan fingerprint density at radius 3 is 2.58 bits per heavy atom. The Morgan fingerprint density at radius 1 is 1.15 bits per heavy atom. The molecule has 1 atom stereocenters. The Kier molecular flexibility index (Phi) is 6.33. The van der Waals surface area contributed by atoms with Crippen LogP contribution in [0.3, 0.4) is 0 Å². The first kappa shape index (κ1) is 23.1. The third-order valence-electron chi connectivity index (χ3n) is 5.56. The number of sulfonamides is 1. The highest BCUT2D eigenvalue weighted by atomic mass is 32.2. The second-order valence-corrected chi connectivity index (χ2v) is 9.68. The number of H-pyrrole nitrogens is 1. The summed E-state index contributed by atoms with van der Waals surface area (Å²) in [5.41, 5.74) is 1.22. The first-order valence-electron chi connectivity index (χ1n) is 10.4. The van der Waals surface area contributed by atoms with Crippen LogP contribution in [0.25, 0.3) is 10.9 Å². The molecule has 1 aromatic heterocycles. The highest BCUT2D eigenvalue weighted by Gasteiger charge is 2.30. The zero-order valence-corrected chi connectivity index (χ0v) is 18.9. The van der Waals surface area contributed by atoms with E-state index in [1.54, 1.807) is 19.1 Å². The zero-order chi connectivity index (χ0) is 23.8. The number of Topliss-reactive ketones (excluding diaryl/α,β-unsaturated/α-hetero) is 1. The molecule has 0 amide bonds. The molecule has 0 spiro atoms. The first-order chi connectivity index (χ1) is 15.7. The molecule has 1 aliphatic rings. The van der Waals surface area contributed by atoms with Gasteiger partial charge in [0.05, 0.1) is 23.7 Å². The van der Waals surface area contributed by atoms with Crippen molar-refractivity contribution in [2.24, 2.45) is 0 Å². The van der Waals surface area contributed by atoms with E-state index in [1.807, 2.05) is 12.1 Å². The number of ether oxygens (including phenoxy) is 2. The first-order valence-corrected chi connectivity index (χ1v) is 11.8. The maximum absolute atomic E-state index is 14.4. The number of fused-ring (bicyclic) bond motifs is 1. The molecule has 4 rings (SSSR count). The van der Waals surface area contributed by atoms with Gasteiger partial charge in [-0.1, -0.05) is 18.2 Å². The Labute approximate surface area is 190 Å². The van der Waals surface area contributed by atoms with E-state index in [0.717, 1.165) is 23.7 Å². The van der Waals surface area contributed by atoms with Crippen molar-refractivity contribution in [1.29, 1.82) is 0 Å². The molecule has 1 N–H and O–H groups in total. The number of nitrogens with one attached hydrogen (secondary N) is 1. The van der Waals surface area contributed by atoms with Crippen molar-refractivity contribution in [3.8, 4) is 0 Å². The summed E-state index contributed by atoms with van der Waals surface area (Å²) < 4.78 is 51.8. The van der Waals surface area contributed by atoms with Gasteiger partial charge in [-0.2, -0.15) is 4.31 Å². The molecule has 33 heavy (non-hydrogen) atoms. The Balaban J connectivity index is 1.57. The fourth-order valence-corrected chi connectivity index (χ4v) is 5.27. The number of rotatable bonds is 6. The number of carbonyl (C=O) groups excluding carboxylic acids is 2. The largest absolute Gasteiger partial charge is 0.451 e. The smallest absolute Gasteiger partial charge is 0.341 e. The van der Waals surface area contributed by atoms with E-state index in [0.29, 0.717) is 16.6 Å². The second kappa shape index (κ2) is 9.05. The third kappa shape index (κ3) is 4.41. The predicted molar refractivity (Wildman–Crippen MR) is 118 cm³/mol. The van der Waals surface area contributed by atoms with E-state index in [2.05, 4.69) is 4.98 Å². The predicted octanol–water partition coefficient (Wildman–Crippen LogP) is 3.06. The van der Waals surface area contributed by atoms with Crippen LogP contribution in [0.5, 0.6) is 0 Å². The number of nitrogens with zero attached hydrogens (tertiary/aromatic N) is 1. The summed E-state index contributed by atoms with van der Waals surface area (Å²) in [5.74, 6) is -2.51. The Hall–Kier alpha value is -3.08. The van der Waals surface area contributed by atoms with Crippen molar-refractivity contribution in [3.05, 3.63) is 65.1 Å².